The van der Waals surface area contributed by atoms with Crippen LogP contribution in [0.25, 0.3) is 16.9 Å². The van der Waals surface area contributed by atoms with Gasteiger partial charge in [-0.1, -0.05) is 18.2 Å². The van der Waals surface area contributed by atoms with Crippen LogP contribution in [0.1, 0.15) is 23.9 Å². The first-order chi connectivity index (χ1) is 14.3. The minimum absolute atomic E-state index is 0.0188. The quantitative estimate of drug-likeness (QED) is 0.465. The highest BCUT2D eigenvalue weighted by atomic mass is 19.4. The maximum Gasteiger partial charge on any atom is 0.416 e. The zero-order valence-electron chi connectivity index (χ0n) is 15.8. The third kappa shape index (κ3) is 3.47. The summed E-state index contributed by atoms with van der Waals surface area (Å²) in [6.07, 6.45) is -3.33. The Morgan fingerprint density at radius 3 is 2.40 bits per heavy atom. The van der Waals surface area contributed by atoms with E-state index in [1.54, 1.807) is 4.57 Å². The average Bonchev–Trinajstić information content (AvgIpc) is 3.12. The van der Waals surface area contributed by atoms with Crippen LogP contribution in [-0.2, 0) is 19.1 Å². The molecular formula is C21H16F4N4O. The lowest BCUT2D eigenvalue weighted by molar-refractivity contribution is -0.138. The summed E-state index contributed by atoms with van der Waals surface area (Å²) in [5, 5.41) is 0. The van der Waals surface area contributed by atoms with E-state index in [4.69, 9.17) is 0 Å². The van der Waals surface area contributed by atoms with Crippen molar-refractivity contribution in [1.29, 1.82) is 0 Å². The maximum atomic E-state index is 13.5. The molecule has 0 aliphatic rings. The Morgan fingerprint density at radius 2 is 1.73 bits per heavy atom. The first-order valence-electron chi connectivity index (χ1n) is 9.17. The van der Waals surface area contributed by atoms with Gasteiger partial charge in [0.2, 0.25) is 0 Å². The molecule has 0 N–H and O–H groups in total. The molecule has 0 amide bonds. The Kier molecular flexibility index (Phi) is 4.89. The van der Waals surface area contributed by atoms with Gasteiger partial charge in [0.15, 0.2) is 11.2 Å². The van der Waals surface area contributed by atoms with E-state index in [2.05, 4.69) is 9.97 Å². The molecule has 30 heavy (non-hydrogen) atoms. The van der Waals surface area contributed by atoms with Crippen molar-refractivity contribution < 1.29 is 17.6 Å². The van der Waals surface area contributed by atoms with Crippen molar-refractivity contribution in [2.24, 2.45) is 0 Å². The molecule has 0 aliphatic carbocycles. The Balaban J connectivity index is 1.97. The minimum Gasteiger partial charge on any atom is -0.315 e. The van der Waals surface area contributed by atoms with Crippen LogP contribution in [0.4, 0.5) is 17.6 Å². The number of hydrogen-bond acceptors (Lipinski definition) is 3. The lowest BCUT2D eigenvalue weighted by atomic mass is 10.0. The van der Waals surface area contributed by atoms with Crippen molar-refractivity contribution in [3.63, 3.8) is 0 Å². The van der Waals surface area contributed by atoms with Gasteiger partial charge in [0.1, 0.15) is 11.6 Å². The molecule has 2 heterocycles. The van der Waals surface area contributed by atoms with Gasteiger partial charge < -0.3 is 4.57 Å². The first kappa shape index (κ1) is 19.8. The number of aromatic nitrogens is 4. The van der Waals surface area contributed by atoms with Gasteiger partial charge in [0, 0.05) is 13.0 Å². The number of alkyl halides is 3. The fourth-order valence-electron chi connectivity index (χ4n) is 3.37. The summed E-state index contributed by atoms with van der Waals surface area (Å²) in [5.74, 6) is -0.397. The third-order valence-corrected chi connectivity index (χ3v) is 4.81. The van der Waals surface area contributed by atoms with Gasteiger partial charge >= 0.3 is 6.18 Å². The molecule has 0 spiro atoms. The molecule has 9 heteroatoms. The zero-order chi connectivity index (χ0) is 21.5. The lowest BCUT2D eigenvalue weighted by Gasteiger charge is -2.16. The van der Waals surface area contributed by atoms with Crippen LogP contribution in [0, 0.1) is 5.82 Å². The smallest absolute Gasteiger partial charge is 0.315 e. The van der Waals surface area contributed by atoms with Crippen molar-refractivity contribution in [2.75, 3.05) is 0 Å². The van der Waals surface area contributed by atoms with Crippen molar-refractivity contribution in [1.82, 2.24) is 19.1 Å². The number of imidazole rings is 1. The number of halogens is 4. The van der Waals surface area contributed by atoms with E-state index in [0.29, 0.717) is 17.9 Å². The normalized spacial score (nSPS) is 11.9. The number of rotatable bonds is 4. The van der Waals surface area contributed by atoms with Crippen molar-refractivity contribution >= 4 is 11.2 Å². The van der Waals surface area contributed by atoms with Crippen LogP contribution < -0.4 is 5.56 Å². The molecular weight excluding hydrogens is 400 g/mol. The van der Waals surface area contributed by atoms with Gasteiger partial charge in [-0.25, -0.2) is 14.4 Å². The largest absolute Gasteiger partial charge is 0.416 e. The Hall–Kier alpha value is -3.49. The molecule has 0 atom stereocenters. The van der Waals surface area contributed by atoms with E-state index >= 15 is 0 Å². The molecule has 0 bridgehead atoms. The topological polar surface area (TPSA) is 52.7 Å². The summed E-state index contributed by atoms with van der Waals surface area (Å²) in [6.45, 7) is 2.33. The number of fused-ring (bicyclic) bond motifs is 1. The van der Waals surface area contributed by atoms with E-state index in [9.17, 15) is 22.4 Å². The van der Waals surface area contributed by atoms with Crippen LogP contribution >= 0.6 is 0 Å². The van der Waals surface area contributed by atoms with Crippen molar-refractivity contribution in [3.05, 3.63) is 88.0 Å². The molecule has 2 aromatic carbocycles. The van der Waals surface area contributed by atoms with Gasteiger partial charge in [-0.3, -0.25) is 9.36 Å². The Bertz CT molecular complexity index is 1270. The maximum absolute atomic E-state index is 13.5. The molecule has 0 radical (unpaired) electrons. The molecule has 0 aliphatic heterocycles. The molecule has 4 aromatic rings. The summed E-state index contributed by atoms with van der Waals surface area (Å²) in [6, 6.07) is 10.2. The van der Waals surface area contributed by atoms with E-state index in [1.165, 1.54) is 53.4 Å². The highest BCUT2D eigenvalue weighted by molar-refractivity contribution is 5.70. The van der Waals surface area contributed by atoms with E-state index < -0.39 is 23.1 Å². The van der Waals surface area contributed by atoms with Crippen LogP contribution in [0.2, 0.25) is 0 Å². The predicted octanol–water partition coefficient (Wildman–Crippen LogP) is 4.35. The summed E-state index contributed by atoms with van der Waals surface area (Å²) in [4.78, 5) is 21.8. The number of aryl methyl sites for hydroxylation is 1. The van der Waals surface area contributed by atoms with Gasteiger partial charge in [0.25, 0.3) is 5.56 Å². The van der Waals surface area contributed by atoms with Gasteiger partial charge in [-0.15, -0.1) is 0 Å². The molecule has 0 unspecified atom stereocenters. The van der Waals surface area contributed by atoms with Crippen molar-refractivity contribution in [3.8, 4) is 5.69 Å². The average molecular weight is 416 g/mol. The van der Waals surface area contributed by atoms with Gasteiger partial charge in [0.05, 0.1) is 17.6 Å². The Morgan fingerprint density at radius 1 is 1.03 bits per heavy atom. The fraction of sp³-hybridized carbons (Fsp3) is 0.190. The molecule has 5 nitrogen and oxygen atoms in total. The SMILES string of the molecule is CCn1cnc2c(=O)n(-c3ccc(F)cc3)c(Cc3ccccc3C(F)(F)F)nc21. The van der Waals surface area contributed by atoms with Crippen LogP contribution in [0.5, 0.6) is 0 Å². The first-order valence-corrected chi connectivity index (χ1v) is 9.17. The molecule has 0 fully saturated rings. The van der Waals surface area contributed by atoms with Crippen LogP contribution in [0.15, 0.2) is 59.7 Å². The fourth-order valence-corrected chi connectivity index (χ4v) is 3.37. The Labute approximate surface area is 168 Å². The zero-order valence-corrected chi connectivity index (χ0v) is 15.8. The summed E-state index contributed by atoms with van der Waals surface area (Å²) in [7, 11) is 0. The second kappa shape index (κ2) is 7.40. The molecule has 154 valence electrons. The second-order valence-corrected chi connectivity index (χ2v) is 6.68. The summed E-state index contributed by atoms with van der Waals surface area (Å²) in [5.41, 5.74) is -0.669. The molecule has 2 aromatic heterocycles. The van der Waals surface area contributed by atoms with E-state index in [1.807, 2.05) is 6.92 Å². The predicted molar refractivity (Wildman–Crippen MR) is 103 cm³/mol. The number of benzene rings is 2. The summed E-state index contributed by atoms with van der Waals surface area (Å²) < 4.78 is 56.6. The third-order valence-electron chi connectivity index (χ3n) is 4.81. The number of nitrogens with zero attached hydrogens (tertiary/aromatic N) is 4. The molecule has 0 saturated heterocycles. The van der Waals surface area contributed by atoms with Gasteiger partial charge in [-0.2, -0.15) is 13.2 Å². The second-order valence-electron chi connectivity index (χ2n) is 6.68. The molecule has 4 rings (SSSR count). The molecule has 0 saturated carbocycles. The van der Waals surface area contributed by atoms with E-state index in [0.717, 1.165) is 6.07 Å². The number of hydrogen-bond donors (Lipinski definition) is 0. The summed E-state index contributed by atoms with van der Waals surface area (Å²) >= 11 is 0. The monoisotopic (exact) mass is 416 g/mol. The minimum atomic E-state index is -4.55. The highest BCUT2D eigenvalue weighted by Gasteiger charge is 2.33. The van der Waals surface area contributed by atoms with Crippen LogP contribution in [-0.4, -0.2) is 19.1 Å². The standard InChI is InChI=1S/C21H16F4N4O/c1-2-28-12-26-18-19(28)27-17(11-13-5-3-4-6-16(13)21(23,24)25)29(20(18)30)15-9-7-14(22)8-10-15/h3-10,12H,2,11H2,1H3. The van der Waals surface area contributed by atoms with E-state index in [-0.39, 0.29) is 23.3 Å². The van der Waals surface area contributed by atoms with Gasteiger partial charge in [-0.05, 0) is 42.8 Å². The van der Waals surface area contributed by atoms with Crippen molar-refractivity contribution in [2.45, 2.75) is 26.1 Å². The lowest BCUT2D eigenvalue weighted by Crippen LogP contribution is -2.25. The van der Waals surface area contributed by atoms with Crippen LogP contribution in [0.3, 0.4) is 0 Å². The highest BCUT2D eigenvalue weighted by Crippen LogP contribution is 2.32.